The van der Waals surface area contributed by atoms with Crippen LogP contribution in [0.1, 0.15) is 28.9 Å². The number of nitrogens with zero attached hydrogens (tertiary/aromatic N) is 4. The molecular formula is C29H34F3N7O5SSi. The van der Waals surface area contributed by atoms with Gasteiger partial charge in [0.15, 0.2) is 0 Å². The highest BCUT2D eigenvalue weighted by Crippen LogP contribution is 2.39. The number of primary amides is 1. The molecule has 2 aromatic carbocycles. The highest BCUT2D eigenvalue weighted by atomic mass is 32.2. The average Bonchev–Trinajstić information content (AvgIpc) is 3.33. The molecule has 0 aliphatic carbocycles. The molecule has 0 saturated heterocycles. The van der Waals surface area contributed by atoms with E-state index in [4.69, 9.17) is 15.2 Å². The number of amides is 1. The van der Waals surface area contributed by atoms with Gasteiger partial charge in [0.05, 0.1) is 11.9 Å². The smallest absolute Gasteiger partial charge is 0.355 e. The number of nitrogens with one attached hydrogen (secondary N) is 2. The molecule has 4 aromatic rings. The second-order valence-electron chi connectivity index (χ2n) is 11.4. The molecule has 0 bridgehead atoms. The van der Waals surface area contributed by atoms with Crippen molar-refractivity contribution in [2.75, 3.05) is 16.6 Å². The Balaban J connectivity index is 1.84. The second kappa shape index (κ2) is 14.3. The topological polar surface area (TPSA) is 163 Å². The summed E-state index contributed by atoms with van der Waals surface area (Å²) in [5.41, 5.74) is 6.30. The molecular weight excluding hydrogens is 644 g/mol. The lowest BCUT2D eigenvalue weighted by Crippen LogP contribution is -2.22. The van der Waals surface area contributed by atoms with Crippen LogP contribution in [-0.2, 0) is 21.5 Å². The van der Waals surface area contributed by atoms with E-state index in [1.807, 2.05) is 4.72 Å². The van der Waals surface area contributed by atoms with Crippen LogP contribution in [0.25, 0.3) is 11.3 Å². The van der Waals surface area contributed by atoms with Crippen LogP contribution in [0.5, 0.6) is 5.75 Å². The monoisotopic (exact) mass is 677 g/mol. The van der Waals surface area contributed by atoms with Crippen molar-refractivity contribution in [1.82, 2.24) is 19.7 Å². The SMILES string of the molecule is C[C@H](Oc1cc(NS(=O)(=O)C(F)F)ccc1-c1nn(COCC[Si](C)(C)C)c(Nc2cnccn2)c1C(N)=O)c1ccc(F)cc1. The Hall–Kier alpha value is -4.48. The molecule has 46 heavy (non-hydrogen) atoms. The van der Waals surface area contributed by atoms with Gasteiger partial charge in [0.2, 0.25) is 0 Å². The van der Waals surface area contributed by atoms with E-state index in [0.717, 1.165) is 6.04 Å². The third-order valence-electron chi connectivity index (χ3n) is 6.59. The number of hydrogen-bond acceptors (Lipinski definition) is 9. The van der Waals surface area contributed by atoms with Gasteiger partial charge in [-0.3, -0.25) is 14.5 Å². The number of nitrogens with two attached hydrogens (primary N) is 1. The quantitative estimate of drug-likeness (QED) is 0.105. The standard InChI is InChI=1S/C29H34F3N7O5SSi/c1-18(19-5-7-20(30)8-6-19)44-23-15-21(38-45(41,42)29(31)32)9-10-22(23)26-25(27(33)40)28(36-24-16-34-11-12-35-24)39(37-26)17-43-13-14-46(2,3)4/h5-12,15-16,18,29,38H,13-14,17H2,1-4H3,(H2,33,40)(H,35,36)/t18-/m0/s1. The summed E-state index contributed by atoms with van der Waals surface area (Å²) in [6.45, 7) is 8.61. The van der Waals surface area contributed by atoms with Crippen molar-refractivity contribution in [2.24, 2.45) is 5.73 Å². The molecule has 0 aliphatic heterocycles. The maximum Gasteiger partial charge on any atom is 0.355 e. The number of hydrogen-bond donors (Lipinski definition) is 3. The molecule has 4 rings (SSSR count). The first kappa shape index (κ1) is 34.4. The minimum absolute atomic E-state index is 0.0252. The molecule has 0 unspecified atom stereocenters. The van der Waals surface area contributed by atoms with Crippen molar-refractivity contribution < 1.29 is 35.9 Å². The van der Waals surface area contributed by atoms with E-state index in [0.29, 0.717) is 12.2 Å². The van der Waals surface area contributed by atoms with E-state index in [9.17, 15) is 26.4 Å². The number of alkyl halides is 2. The zero-order valence-corrected chi connectivity index (χ0v) is 27.3. The molecule has 0 spiro atoms. The number of benzene rings is 2. The van der Waals surface area contributed by atoms with Gasteiger partial charge in [0.1, 0.15) is 47.3 Å². The highest BCUT2D eigenvalue weighted by Gasteiger charge is 2.29. The second-order valence-corrected chi connectivity index (χ2v) is 18.7. The molecule has 17 heteroatoms. The van der Waals surface area contributed by atoms with Crippen LogP contribution in [0.3, 0.4) is 0 Å². The molecule has 246 valence electrons. The Bertz CT molecular complexity index is 1770. The van der Waals surface area contributed by atoms with Crippen LogP contribution >= 0.6 is 0 Å². The van der Waals surface area contributed by atoms with Gasteiger partial charge in [0.25, 0.3) is 15.9 Å². The van der Waals surface area contributed by atoms with Crippen molar-refractivity contribution in [2.45, 2.75) is 51.2 Å². The summed E-state index contributed by atoms with van der Waals surface area (Å²) < 4.78 is 79.1. The fourth-order valence-corrected chi connectivity index (χ4v) is 5.50. The summed E-state index contributed by atoms with van der Waals surface area (Å²) in [4.78, 5) is 21.2. The summed E-state index contributed by atoms with van der Waals surface area (Å²) in [5, 5.41) is 7.64. The van der Waals surface area contributed by atoms with Gasteiger partial charge in [-0.05, 0) is 42.8 Å². The summed E-state index contributed by atoms with van der Waals surface area (Å²) in [6.07, 6.45) is 3.59. The summed E-state index contributed by atoms with van der Waals surface area (Å²) in [5.74, 6) is -4.66. The fourth-order valence-electron chi connectivity index (χ4n) is 4.20. The maximum absolute atomic E-state index is 13.6. The zero-order chi connectivity index (χ0) is 33.6. The van der Waals surface area contributed by atoms with Gasteiger partial charge in [-0.15, -0.1) is 0 Å². The van der Waals surface area contributed by atoms with Crippen molar-refractivity contribution in [3.05, 3.63) is 78.0 Å². The number of carbonyl (C=O) groups is 1. The van der Waals surface area contributed by atoms with Crippen molar-refractivity contribution >= 4 is 41.3 Å². The third-order valence-corrected chi connectivity index (χ3v) is 9.29. The van der Waals surface area contributed by atoms with E-state index in [1.54, 1.807) is 6.92 Å². The Morgan fingerprint density at radius 3 is 2.43 bits per heavy atom. The van der Waals surface area contributed by atoms with Gasteiger partial charge in [-0.25, -0.2) is 22.5 Å². The molecule has 2 heterocycles. The first-order chi connectivity index (χ1) is 21.6. The molecule has 2 aromatic heterocycles. The first-order valence-corrected chi connectivity index (χ1v) is 19.3. The lowest BCUT2D eigenvalue weighted by molar-refractivity contribution is 0.0802. The van der Waals surface area contributed by atoms with Crippen LogP contribution in [0.4, 0.5) is 30.5 Å². The van der Waals surface area contributed by atoms with Crippen LogP contribution < -0.4 is 20.5 Å². The predicted octanol–water partition coefficient (Wildman–Crippen LogP) is 5.74. The maximum atomic E-state index is 13.6. The van der Waals surface area contributed by atoms with Gasteiger partial charge >= 0.3 is 5.76 Å². The molecule has 0 radical (unpaired) electrons. The normalized spacial score (nSPS) is 12.6. The fraction of sp³-hybridized carbons (Fsp3) is 0.310. The molecule has 12 nitrogen and oxygen atoms in total. The predicted molar refractivity (Wildman–Crippen MR) is 170 cm³/mol. The third kappa shape index (κ3) is 8.82. The van der Waals surface area contributed by atoms with Crippen molar-refractivity contribution in [3.63, 3.8) is 0 Å². The Morgan fingerprint density at radius 2 is 1.83 bits per heavy atom. The van der Waals surface area contributed by atoms with Gasteiger partial charge in [-0.2, -0.15) is 13.9 Å². The van der Waals surface area contributed by atoms with E-state index in [-0.39, 0.29) is 46.6 Å². The van der Waals surface area contributed by atoms with Crippen LogP contribution in [-0.4, -0.2) is 54.5 Å². The molecule has 0 fully saturated rings. The number of halogens is 3. The van der Waals surface area contributed by atoms with Crippen molar-refractivity contribution in [3.8, 4) is 17.0 Å². The van der Waals surface area contributed by atoms with E-state index < -0.39 is 41.7 Å². The Morgan fingerprint density at radius 1 is 1.11 bits per heavy atom. The summed E-state index contributed by atoms with van der Waals surface area (Å²) in [6, 6.07) is 10.1. The number of aromatic nitrogens is 4. The van der Waals surface area contributed by atoms with Crippen LogP contribution in [0.2, 0.25) is 25.7 Å². The Labute approximate surface area is 265 Å². The number of carbonyl (C=O) groups excluding carboxylic acids is 1. The van der Waals surface area contributed by atoms with Gasteiger partial charge in [0, 0.05) is 38.7 Å². The zero-order valence-electron chi connectivity index (χ0n) is 25.5. The van der Waals surface area contributed by atoms with E-state index in [1.165, 1.54) is 65.7 Å². The number of rotatable bonds is 15. The number of anilines is 3. The summed E-state index contributed by atoms with van der Waals surface area (Å²) in [7, 11) is -6.45. The molecule has 1 amide bonds. The average molecular weight is 678 g/mol. The highest BCUT2D eigenvalue weighted by molar-refractivity contribution is 7.93. The minimum Gasteiger partial charge on any atom is -0.485 e. The van der Waals surface area contributed by atoms with Crippen LogP contribution in [0, 0.1) is 5.82 Å². The van der Waals surface area contributed by atoms with Crippen molar-refractivity contribution in [1.29, 1.82) is 0 Å². The molecule has 0 aliphatic rings. The lowest BCUT2D eigenvalue weighted by Gasteiger charge is -2.19. The largest absolute Gasteiger partial charge is 0.485 e. The molecule has 1 atom stereocenters. The Kier molecular flexibility index (Phi) is 10.7. The minimum atomic E-state index is -5.02. The first-order valence-electron chi connectivity index (χ1n) is 14.0. The number of sulfonamides is 1. The van der Waals surface area contributed by atoms with Gasteiger partial charge < -0.3 is 20.5 Å². The molecule has 4 N–H and O–H groups in total. The molecule has 0 saturated carbocycles. The number of ether oxygens (including phenoxy) is 2. The summed E-state index contributed by atoms with van der Waals surface area (Å²) >= 11 is 0. The van der Waals surface area contributed by atoms with Gasteiger partial charge in [-0.1, -0.05) is 31.8 Å². The van der Waals surface area contributed by atoms with E-state index >= 15 is 0 Å². The lowest BCUT2D eigenvalue weighted by atomic mass is 10.0. The van der Waals surface area contributed by atoms with E-state index in [2.05, 4.69) is 40.0 Å². The van der Waals surface area contributed by atoms with Crippen LogP contribution in [0.15, 0.2) is 61.1 Å².